The first-order valence-corrected chi connectivity index (χ1v) is 15.8. The molecule has 220 valence electrons. The number of allylic oxidation sites excluding steroid dienone is 2. The van der Waals surface area contributed by atoms with Gasteiger partial charge in [-0.1, -0.05) is 36.8 Å². The number of β-amino-alcohol motifs (C(OH)–C–C–N with tert-alkyl or cyclic N) is 1. The van der Waals surface area contributed by atoms with Crippen molar-refractivity contribution >= 4 is 40.1 Å². The lowest BCUT2D eigenvalue weighted by atomic mass is 9.89. The summed E-state index contributed by atoms with van der Waals surface area (Å²) in [6.07, 6.45) is 13.6. The lowest BCUT2D eigenvalue weighted by molar-refractivity contribution is 0.0159. The number of aliphatic hydroxyl groups is 1. The summed E-state index contributed by atoms with van der Waals surface area (Å²) in [5.74, 6) is 1.95. The van der Waals surface area contributed by atoms with Crippen LogP contribution < -0.4 is 20.8 Å². The van der Waals surface area contributed by atoms with Crippen LogP contribution in [0.3, 0.4) is 0 Å². The second-order valence-corrected chi connectivity index (χ2v) is 12.8. The normalized spacial score (nSPS) is 25.0. The van der Waals surface area contributed by atoms with Crippen molar-refractivity contribution < 1.29 is 9.50 Å². The smallest absolute Gasteiger partial charge is 0.162 e. The highest BCUT2D eigenvalue weighted by atomic mass is 35.5. The fourth-order valence-electron chi connectivity index (χ4n) is 7.17. The minimum Gasteiger partial charge on any atom is -0.386 e. The Bertz CT molecular complexity index is 1920. The second-order valence-electron chi connectivity index (χ2n) is 12.4. The number of rotatable bonds is 5. The van der Waals surface area contributed by atoms with Crippen molar-refractivity contribution in [2.24, 2.45) is 11.8 Å². The Morgan fingerprint density at radius 1 is 1.14 bits per heavy atom. The number of aromatic nitrogens is 4. The van der Waals surface area contributed by atoms with Crippen molar-refractivity contribution in [3.8, 4) is 22.6 Å². The number of halogens is 2. The van der Waals surface area contributed by atoms with Crippen LogP contribution in [-0.4, -0.2) is 56.3 Å². The minimum absolute atomic E-state index is 0.0123. The number of hydrogen-bond acceptors (Lipinski definition) is 6. The molecule has 3 fully saturated rings. The van der Waals surface area contributed by atoms with E-state index in [0.29, 0.717) is 46.6 Å². The molecule has 2 aliphatic heterocycles. The maximum absolute atomic E-state index is 14.2. The molecule has 4 aliphatic rings. The van der Waals surface area contributed by atoms with Crippen molar-refractivity contribution in [3.05, 3.63) is 70.1 Å². The number of aromatic amines is 1. The lowest BCUT2D eigenvalue weighted by Crippen LogP contribution is -2.57. The molecule has 0 bridgehead atoms. The molecule has 2 saturated heterocycles. The number of H-pyrrole nitrogens is 1. The van der Waals surface area contributed by atoms with Crippen LogP contribution >= 0.6 is 11.6 Å². The molecule has 0 amide bonds. The van der Waals surface area contributed by atoms with Crippen LogP contribution in [0, 0.1) is 17.7 Å². The molecule has 43 heavy (non-hydrogen) atoms. The highest BCUT2D eigenvalue weighted by Gasteiger charge is 2.48. The lowest BCUT2D eigenvalue weighted by Gasteiger charge is -2.39. The molecule has 0 radical (unpaired) electrons. The molecule has 3 atom stereocenters. The van der Waals surface area contributed by atoms with Gasteiger partial charge in [-0.2, -0.15) is 0 Å². The van der Waals surface area contributed by atoms with E-state index in [4.69, 9.17) is 21.6 Å². The van der Waals surface area contributed by atoms with E-state index in [9.17, 15) is 9.50 Å². The average molecular weight is 597 g/mol. The Kier molecular flexibility index (Phi) is 6.44. The van der Waals surface area contributed by atoms with Gasteiger partial charge in [-0.3, -0.25) is 0 Å². The number of nitrogens with one attached hydrogen (secondary N) is 2. The van der Waals surface area contributed by atoms with Crippen LogP contribution in [0.25, 0.3) is 45.3 Å². The average Bonchev–Trinajstić information content (AvgIpc) is 3.70. The number of anilines is 1. The molecule has 1 aromatic carbocycles. The third-order valence-corrected chi connectivity index (χ3v) is 9.99. The van der Waals surface area contributed by atoms with Gasteiger partial charge < -0.3 is 20.3 Å². The standard InChI is InChI=1S/C34H34ClFN6O/c1-2-19-3-7-22(20-4-5-20)30-28(15-19)40-32(41-33(30)42-14-11-34(43)18-37-12-10-29(34)42)23-9-13-38-31-24(23)17-27(39-31)25-16-21(36)6-8-26(25)35/h3,6-9,13,15-17,19-20,29,37,43H,2,4-5,10-12,14,18H2,1H3,(H,38,39). The van der Waals surface area contributed by atoms with Gasteiger partial charge >= 0.3 is 0 Å². The topological polar surface area (TPSA) is 90.0 Å². The van der Waals surface area contributed by atoms with Gasteiger partial charge in [-0.25, -0.2) is 19.3 Å². The first kappa shape index (κ1) is 27.0. The molecular formula is C34H34ClFN6O. The SMILES string of the molecule is CCC1C=CC(C2CC2)=c2c(N3CCC4(O)CNCCC34)nc(-c3ccnc4[nH]c(-c5cc(F)ccc5Cl)cc34)nc2=C1. The number of benzene rings is 1. The maximum atomic E-state index is 14.2. The third-order valence-electron chi connectivity index (χ3n) is 9.66. The van der Waals surface area contributed by atoms with Crippen molar-refractivity contribution in [3.63, 3.8) is 0 Å². The summed E-state index contributed by atoms with van der Waals surface area (Å²) in [6.45, 7) is 4.41. The zero-order valence-electron chi connectivity index (χ0n) is 24.1. The van der Waals surface area contributed by atoms with Gasteiger partial charge in [0.2, 0.25) is 0 Å². The molecule has 3 N–H and O–H groups in total. The van der Waals surface area contributed by atoms with Crippen LogP contribution in [-0.2, 0) is 0 Å². The number of nitrogens with zero attached hydrogens (tertiary/aromatic N) is 4. The summed E-state index contributed by atoms with van der Waals surface area (Å²) in [5.41, 5.74) is 3.29. The van der Waals surface area contributed by atoms with Crippen LogP contribution in [0.4, 0.5) is 10.2 Å². The predicted molar refractivity (Wildman–Crippen MR) is 168 cm³/mol. The summed E-state index contributed by atoms with van der Waals surface area (Å²) in [6, 6.07) is 8.24. The van der Waals surface area contributed by atoms with Crippen LogP contribution in [0.15, 0.2) is 48.7 Å². The van der Waals surface area contributed by atoms with Crippen LogP contribution in [0.2, 0.25) is 5.02 Å². The van der Waals surface area contributed by atoms with E-state index >= 15 is 0 Å². The molecule has 1 saturated carbocycles. The van der Waals surface area contributed by atoms with Gasteiger partial charge in [0, 0.05) is 46.7 Å². The Balaban J connectivity index is 1.37. The largest absolute Gasteiger partial charge is 0.386 e. The van der Waals surface area contributed by atoms with E-state index in [2.05, 4.69) is 45.3 Å². The Hall–Kier alpha value is -3.59. The van der Waals surface area contributed by atoms with E-state index in [-0.39, 0.29) is 17.8 Å². The van der Waals surface area contributed by atoms with Gasteiger partial charge in [0.25, 0.3) is 0 Å². The summed E-state index contributed by atoms with van der Waals surface area (Å²) in [7, 11) is 0. The van der Waals surface area contributed by atoms with E-state index in [1.165, 1.54) is 30.5 Å². The Morgan fingerprint density at radius 2 is 2.02 bits per heavy atom. The van der Waals surface area contributed by atoms with E-state index in [0.717, 1.165) is 53.3 Å². The first-order chi connectivity index (χ1) is 20.9. The summed E-state index contributed by atoms with van der Waals surface area (Å²) >= 11 is 6.47. The zero-order valence-corrected chi connectivity index (χ0v) is 24.8. The first-order valence-electron chi connectivity index (χ1n) is 15.4. The van der Waals surface area contributed by atoms with Gasteiger partial charge in [-0.05, 0) is 86.4 Å². The summed E-state index contributed by atoms with van der Waals surface area (Å²) < 4.78 is 14.2. The second kappa shape index (κ2) is 10.3. The van der Waals surface area contributed by atoms with Gasteiger partial charge in [0.15, 0.2) is 5.82 Å². The van der Waals surface area contributed by atoms with E-state index in [1.54, 1.807) is 12.3 Å². The number of hydrogen-bond donors (Lipinski definition) is 3. The number of fused-ring (bicyclic) bond motifs is 3. The fraction of sp³-hybridized carbons (Fsp3) is 0.382. The highest BCUT2D eigenvalue weighted by Crippen LogP contribution is 2.40. The third kappa shape index (κ3) is 4.58. The molecular weight excluding hydrogens is 563 g/mol. The van der Waals surface area contributed by atoms with E-state index in [1.807, 2.05) is 12.1 Å². The Morgan fingerprint density at radius 3 is 2.86 bits per heavy atom. The Labute approximate surface area is 254 Å². The van der Waals surface area contributed by atoms with Crippen LogP contribution in [0.1, 0.15) is 39.0 Å². The van der Waals surface area contributed by atoms with Crippen molar-refractivity contribution in [2.75, 3.05) is 24.5 Å². The summed E-state index contributed by atoms with van der Waals surface area (Å²) in [4.78, 5) is 20.9. The van der Waals surface area contributed by atoms with Crippen molar-refractivity contribution in [1.29, 1.82) is 0 Å². The molecule has 7 nitrogen and oxygen atoms in total. The molecule has 0 spiro atoms. The van der Waals surface area contributed by atoms with Crippen molar-refractivity contribution in [1.82, 2.24) is 25.3 Å². The maximum Gasteiger partial charge on any atom is 0.162 e. The van der Waals surface area contributed by atoms with Crippen LogP contribution in [0.5, 0.6) is 0 Å². The summed E-state index contributed by atoms with van der Waals surface area (Å²) in [5, 5.41) is 18.4. The molecule has 5 heterocycles. The molecule has 9 heteroatoms. The number of piperidine rings is 1. The van der Waals surface area contributed by atoms with E-state index < -0.39 is 5.60 Å². The minimum atomic E-state index is -0.782. The molecule has 3 aromatic heterocycles. The quantitative estimate of drug-likeness (QED) is 0.309. The van der Waals surface area contributed by atoms with Crippen molar-refractivity contribution in [2.45, 2.75) is 50.7 Å². The molecule has 8 rings (SSSR count). The van der Waals surface area contributed by atoms with Gasteiger partial charge in [0.05, 0.1) is 22.0 Å². The van der Waals surface area contributed by atoms with Gasteiger partial charge in [0.1, 0.15) is 17.3 Å². The molecule has 4 aromatic rings. The predicted octanol–water partition coefficient (Wildman–Crippen LogP) is 4.72. The molecule has 2 aliphatic carbocycles. The zero-order chi connectivity index (χ0) is 29.3. The highest BCUT2D eigenvalue weighted by molar-refractivity contribution is 6.33. The fourth-order valence-corrected chi connectivity index (χ4v) is 7.39. The monoisotopic (exact) mass is 596 g/mol. The molecule has 3 unspecified atom stereocenters. The van der Waals surface area contributed by atoms with Gasteiger partial charge in [-0.15, -0.1) is 0 Å². The number of pyridine rings is 1.